The minimum absolute atomic E-state index is 0.0812. The summed E-state index contributed by atoms with van der Waals surface area (Å²) in [6, 6.07) is 5.29. The van der Waals surface area contributed by atoms with Crippen LogP contribution in [-0.2, 0) is 16.0 Å². The second-order valence-corrected chi connectivity index (χ2v) is 5.13. The van der Waals surface area contributed by atoms with Gasteiger partial charge in [-0.05, 0) is 43.4 Å². The van der Waals surface area contributed by atoms with E-state index in [4.69, 9.17) is 5.11 Å². The fraction of sp³-hybridized carbons (Fsp3) is 0.467. The molecule has 102 valence electrons. The van der Waals surface area contributed by atoms with E-state index in [2.05, 4.69) is 0 Å². The standard InChI is InChI=1S/C15H19NO3/c1-10-5-3-6-11(2)12(10)9-14(17)16-8-4-7-13(16)15(18)19/h3,5-6,13H,4,7-9H2,1-2H3,(H,18,19). The topological polar surface area (TPSA) is 57.6 Å². The van der Waals surface area contributed by atoms with Gasteiger partial charge in [-0.1, -0.05) is 18.2 Å². The molecule has 0 saturated carbocycles. The lowest BCUT2D eigenvalue weighted by molar-refractivity contribution is -0.148. The Morgan fingerprint density at radius 3 is 2.53 bits per heavy atom. The minimum Gasteiger partial charge on any atom is -0.480 e. The number of benzene rings is 1. The van der Waals surface area contributed by atoms with E-state index in [1.54, 1.807) is 0 Å². The molecule has 0 aliphatic carbocycles. The fourth-order valence-electron chi connectivity index (χ4n) is 2.70. The van der Waals surface area contributed by atoms with E-state index >= 15 is 0 Å². The number of hydrogen-bond acceptors (Lipinski definition) is 2. The van der Waals surface area contributed by atoms with Gasteiger partial charge in [0.05, 0.1) is 6.42 Å². The highest BCUT2D eigenvalue weighted by molar-refractivity contribution is 5.86. The molecule has 1 saturated heterocycles. The van der Waals surface area contributed by atoms with Crippen molar-refractivity contribution < 1.29 is 14.7 Å². The number of amides is 1. The molecule has 2 rings (SSSR count). The summed E-state index contributed by atoms with van der Waals surface area (Å²) in [6.45, 7) is 4.52. The molecule has 1 atom stereocenters. The summed E-state index contributed by atoms with van der Waals surface area (Å²) in [5.74, 6) is -0.977. The van der Waals surface area contributed by atoms with Gasteiger partial charge >= 0.3 is 5.97 Å². The molecule has 1 aromatic rings. The lowest BCUT2D eigenvalue weighted by atomic mass is 9.99. The predicted molar refractivity (Wildman–Crippen MR) is 72.0 cm³/mol. The predicted octanol–water partition coefficient (Wildman–Crippen LogP) is 1.92. The number of aliphatic carboxylic acids is 1. The molecule has 1 heterocycles. The Hall–Kier alpha value is -1.84. The van der Waals surface area contributed by atoms with Gasteiger partial charge in [-0.15, -0.1) is 0 Å². The molecule has 1 unspecified atom stereocenters. The van der Waals surface area contributed by atoms with Crippen molar-refractivity contribution in [1.29, 1.82) is 0 Å². The van der Waals surface area contributed by atoms with Gasteiger partial charge in [0.15, 0.2) is 0 Å². The molecule has 1 N–H and O–H groups in total. The van der Waals surface area contributed by atoms with Gasteiger partial charge in [-0.25, -0.2) is 4.79 Å². The van der Waals surface area contributed by atoms with Crippen molar-refractivity contribution >= 4 is 11.9 Å². The summed E-state index contributed by atoms with van der Waals surface area (Å²) >= 11 is 0. The fourth-order valence-corrected chi connectivity index (χ4v) is 2.70. The molecule has 0 spiro atoms. The van der Waals surface area contributed by atoms with Gasteiger partial charge in [0.1, 0.15) is 6.04 Å². The number of nitrogens with zero attached hydrogens (tertiary/aromatic N) is 1. The lowest BCUT2D eigenvalue weighted by Gasteiger charge is -2.22. The van der Waals surface area contributed by atoms with Crippen molar-refractivity contribution in [3.63, 3.8) is 0 Å². The monoisotopic (exact) mass is 261 g/mol. The van der Waals surface area contributed by atoms with Gasteiger partial charge in [0.2, 0.25) is 5.91 Å². The van der Waals surface area contributed by atoms with Gasteiger partial charge in [0.25, 0.3) is 0 Å². The molecule has 1 aliphatic heterocycles. The molecule has 19 heavy (non-hydrogen) atoms. The van der Waals surface area contributed by atoms with Crippen LogP contribution in [0, 0.1) is 13.8 Å². The van der Waals surface area contributed by atoms with Gasteiger partial charge in [-0.3, -0.25) is 4.79 Å². The van der Waals surface area contributed by atoms with Crippen LogP contribution in [0.15, 0.2) is 18.2 Å². The molecule has 1 aromatic carbocycles. The maximum atomic E-state index is 12.3. The Bertz CT molecular complexity index is 490. The Kier molecular flexibility index (Phi) is 3.88. The number of hydrogen-bond donors (Lipinski definition) is 1. The highest BCUT2D eigenvalue weighted by Gasteiger charge is 2.33. The second-order valence-electron chi connectivity index (χ2n) is 5.13. The van der Waals surface area contributed by atoms with E-state index in [1.165, 1.54) is 4.90 Å². The number of carboxylic acids is 1. The van der Waals surface area contributed by atoms with Crippen molar-refractivity contribution in [2.75, 3.05) is 6.54 Å². The van der Waals surface area contributed by atoms with Crippen LogP contribution in [0.25, 0.3) is 0 Å². The van der Waals surface area contributed by atoms with Gasteiger partial charge < -0.3 is 10.0 Å². The highest BCUT2D eigenvalue weighted by atomic mass is 16.4. The zero-order valence-electron chi connectivity index (χ0n) is 11.3. The van der Waals surface area contributed by atoms with Gasteiger partial charge in [-0.2, -0.15) is 0 Å². The first-order chi connectivity index (χ1) is 9.00. The Labute approximate surface area is 113 Å². The molecule has 0 aromatic heterocycles. The average Bonchev–Trinajstić information content (AvgIpc) is 2.83. The number of carbonyl (C=O) groups excluding carboxylic acids is 1. The number of likely N-dealkylation sites (tertiary alicyclic amines) is 1. The zero-order valence-corrected chi connectivity index (χ0v) is 11.3. The van der Waals surface area contributed by atoms with E-state index < -0.39 is 12.0 Å². The minimum atomic E-state index is -0.896. The normalized spacial score (nSPS) is 18.6. The van der Waals surface area contributed by atoms with Crippen molar-refractivity contribution in [2.45, 2.75) is 39.2 Å². The SMILES string of the molecule is Cc1cccc(C)c1CC(=O)N1CCCC1C(=O)O. The summed E-state index contributed by atoms with van der Waals surface area (Å²) in [4.78, 5) is 24.9. The molecule has 0 bridgehead atoms. The van der Waals surface area contributed by atoms with E-state index in [-0.39, 0.29) is 5.91 Å². The van der Waals surface area contributed by atoms with Crippen molar-refractivity contribution in [3.05, 3.63) is 34.9 Å². The highest BCUT2D eigenvalue weighted by Crippen LogP contribution is 2.21. The molecular weight excluding hydrogens is 242 g/mol. The summed E-state index contributed by atoms with van der Waals surface area (Å²) in [5.41, 5.74) is 3.18. The first kappa shape index (κ1) is 13.6. The van der Waals surface area contributed by atoms with E-state index in [1.807, 2.05) is 32.0 Å². The van der Waals surface area contributed by atoms with E-state index in [9.17, 15) is 9.59 Å². The average molecular weight is 261 g/mol. The summed E-state index contributed by atoms with van der Waals surface area (Å²) in [7, 11) is 0. The summed E-state index contributed by atoms with van der Waals surface area (Å²) in [5, 5.41) is 9.11. The quantitative estimate of drug-likeness (QED) is 0.904. The number of aryl methyl sites for hydroxylation is 2. The van der Waals surface area contributed by atoms with E-state index in [0.29, 0.717) is 19.4 Å². The van der Waals surface area contributed by atoms with Crippen LogP contribution >= 0.6 is 0 Å². The van der Waals surface area contributed by atoms with Crippen LogP contribution < -0.4 is 0 Å². The third kappa shape index (κ3) is 2.78. The number of rotatable bonds is 3. The zero-order chi connectivity index (χ0) is 14.0. The summed E-state index contributed by atoms with van der Waals surface area (Å²) in [6.07, 6.45) is 1.63. The largest absolute Gasteiger partial charge is 0.480 e. The Morgan fingerprint density at radius 1 is 1.32 bits per heavy atom. The summed E-state index contributed by atoms with van der Waals surface area (Å²) < 4.78 is 0. The smallest absolute Gasteiger partial charge is 0.326 e. The van der Waals surface area contributed by atoms with Crippen LogP contribution in [0.3, 0.4) is 0 Å². The van der Waals surface area contributed by atoms with Crippen LogP contribution in [0.4, 0.5) is 0 Å². The van der Waals surface area contributed by atoms with Crippen LogP contribution in [-0.4, -0.2) is 34.5 Å². The maximum Gasteiger partial charge on any atom is 0.326 e. The Morgan fingerprint density at radius 2 is 1.95 bits per heavy atom. The second kappa shape index (κ2) is 5.43. The molecule has 4 heteroatoms. The molecule has 1 fully saturated rings. The third-order valence-corrected chi connectivity index (χ3v) is 3.83. The van der Waals surface area contributed by atoms with Crippen LogP contribution in [0.2, 0.25) is 0 Å². The molecule has 0 radical (unpaired) electrons. The first-order valence-electron chi connectivity index (χ1n) is 6.58. The molecule has 1 aliphatic rings. The van der Waals surface area contributed by atoms with Gasteiger partial charge in [0, 0.05) is 6.54 Å². The van der Waals surface area contributed by atoms with Crippen molar-refractivity contribution in [3.8, 4) is 0 Å². The van der Waals surface area contributed by atoms with Crippen LogP contribution in [0.5, 0.6) is 0 Å². The van der Waals surface area contributed by atoms with Crippen LogP contribution in [0.1, 0.15) is 29.5 Å². The number of carboxylic acid groups (broad SMARTS) is 1. The number of carbonyl (C=O) groups is 2. The lowest BCUT2D eigenvalue weighted by Crippen LogP contribution is -2.41. The Balaban J connectivity index is 2.15. The van der Waals surface area contributed by atoms with Crippen molar-refractivity contribution in [1.82, 2.24) is 4.90 Å². The first-order valence-corrected chi connectivity index (χ1v) is 6.58. The maximum absolute atomic E-state index is 12.3. The molecule has 4 nitrogen and oxygen atoms in total. The molecular formula is C15H19NO3. The van der Waals surface area contributed by atoms with Crippen molar-refractivity contribution in [2.24, 2.45) is 0 Å². The van der Waals surface area contributed by atoms with E-state index in [0.717, 1.165) is 23.1 Å². The third-order valence-electron chi connectivity index (χ3n) is 3.83. The molecule has 1 amide bonds.